The highest BCUT2D eigenvalue weighted by Gasteiger charge is 2.12. The fraction of sp³-hybridized carbons (Fsp3) is 0. The van der Waals surface area contributed by atoms with Crippen LogP contribution in [0.1, 0.15) is 0 Å². The van der Waals surface area contributed by atoms with Crippen LogP contribution in [0.5, 0.6) is 0 Å². The monoisotopic (exact) mass is 216 g/mol. The second-order valence-electron chi connectivity index (χ2n) is 2.05. The van der Waals surface area contributed by atoms with Crippen LogP contribution in [-0.2, 0) is 9.84 Å². The molecule has 1 heterocycles. The Kier molecular flexibility index (Phi) is 2.83. The van der Waals surface area contributed by atoms with Gasteiger partial charge < -0.3 is 0 Å². The number of sulfone groups is 1. The number of rotatable bonds is 2. The lowest BCUT2D eigenvalue weighted by Crippen LogP contribution is -2.01. The molecule has 0 amide bonds. The van der Waals surface area contributed by atoms with Gasteiger partial charge in [0.05, 0.1) is 22.8 Å². The summed E-state index contributed by atoms with van der Waals surface area (Å²) in [5.74, 6) is 0. The maximum absolute atomic E-state index is 11.2. The summed E-state index contributed by atoms with van der Waals surface area (Å²) in [6.45, 7) is 3.15. The minimum atomic E-state index is -3.61. The van der Waals surface area contributed by atoms with Crippen LogP contribution in [0.3, 0.4) is 0 Å². The minimum absolute atomic E-state index is 0.279. The average molecular weight is 217 g/mol. The lowest BCUT2D eigenvalue weighted by Gasteiger charge is -1.94. The van der Waals surface area contributed by atoms with Crippen molar-refractivity contribution < 1.29 is 8.42 Å². The molecule has 13 heavy (non-hydrogen) atoms. The van der Waals surface area contributed by atoms with Crippen molar-refractivity contribution in [1.82, 2.24) is 9.97 Å². The van der Waals surface area contributed by atoms with Gasteiger partial charge in [0.25, 0.3) is 5.16 Å². The van der Waals surface area contributed by atoms with E-state index in [1.807, 2.05) is 0 Å². The van der Waals surface area contributed by atoms with Crippen LogP contribution >= 0.6 is 11.6 Å². The van der Waals surface area contributed by atoms with Crippen molar-refractivity contribution >= 4 is 21.4 Å². The maximum Gasteiger partial charge on any atom is 0.252 e. The number of aromatic nitrogens is 2. The summed E-state index contributed by atoms with van der Waals surface area (Å²) in [6, 6.07) is 0. The van der Waals surface area contributed by atoms with Gasteiger partial charge >= 0.3 is 0 Å². The van der Waals surface area contributed by atoms with Gasteiger partial charge in [-0.1, -0.05) is 18.2 Å². The highest BCUT2D eigenvalue weighted by molar-refractivity contribution is 7.94. The molecule has 0 radical (unpaired) electrons. The van der Waals surface area contributed by atoms with Gasteiger partial charge in [0.15, 0.2) is 0 Å². The van der Waals surface area contributed by atoms with Gasteiger partial charge in [0.1, 0.15) is 0 Å². The summed E-state index contributed by atoms with van der Waals surface area (Å²) in [7, 11) is -3.61. The molecule has 6 heteroatoms. The standard InChI is InChI=1S/C7H5ClN2O2S/c1-2-3-13(11,12)7-9-4-6(8)5-10-7/h3-5H,1H2. The molecule has 0 aliphatic heterocycles. The third-order valence-electron chi connectivity index (χ3n) is 1.09. The molecule has 0 aromatic carbocycles. The lowest BCUT2D eigenvalue weighted by atomic mass is 10.7. The second-order valence-corrected chi connectivity index (χ2v) is 4.18. The van der Waals surface area contributed by atoms with E-state index in [9.17, 15) is 8.42 Å². The molecule has 1 rings (SSSR count). The molecule has 1 aromatic rings. The zero-order valence-corrected chi connectivity index (χ0v) is 8.01. The topological polar surface area (TPSA) is 59.9 Å². The van der Waals surface area contributed by atoms with E-state index in [1.165, 1.54) is 12.4 Å². The second kappa shape index (κ2) is 3.70. The zero-order chi connectivity index (χ0) is 9.90. The molecule has 0 N–H and O–H groups in total. The van der Waals surface area contributed by atoms with Crippen molar-refractivity contribution in [2.45, 2.75) is 5.16 Å². The number of hydrogen-bond acceptors (Lipinski definition) is 4. The first-order valence-corrected chi connectivity index (χ1v) is 5.07. The normalized spacial score (nSPS) is 10.5. The first-order valence-electron chi connectivity index (χ1n) is 3.15. The van der Waals surface area contributed by atoms with E-state index in [2.05, 4.69) is 22.3 Å². The van der Waals surface area contributed by atoms with Gasteiger partial charge in [0, 0.05) is 0 Å². The molecule has 0 spiro atoms. The Morgan fingerprint density at radius 1 is 1.46 bits per heavy atom. The number of nitrogens with zero attached hydrogens (tertiary/aromatic N) is 2. The Morgan fingerprint density at radius 2 is 2.00 bits per heavy atom. The first-order chi connectivity index (χ1) is 6.06. The molecule has 68 valence electrons. The molecule has 0 fully saturated rings. The Morgan fingerprint density at radius 3 is 2.46 bits per heavy atom. The fourth-order valence-electron chi connectivity index (χ4n) is 0.610. The third kappa shape index (κ3) is 2.39. The van der Waals surface area contributed by atoms with E-state index >= 15 is 0 Å². The predicted octanol–water partition coefficient (Wildman–Crippen LogP) is 1.20. The van der Waals surface area contributed by atoms with Crippen LogP contribution < -0.4 is 0 Å². The van der Waals surface area contributed by atoms with Gasteiger partial charge in [-0.3, -0.25) is 0 Å². The van der Waals surface area contributed by atoms with Crippen molar-refractivity contribution in [3.8, 4) is 0 Å². The van der Waals surface area contributed by atoms with E-state index in [0.29, 0.717) is 0 Å². The molecular weight excluding hydrogens is 212 g/mol. The molecule has 0 aliphatic carbocycles. The van der Waals surface area contributed by atoms with Gasteiger partial charge in [-0.05, 0) is 0 Å². The molecule has 0 saturated heterocycles. The summed E-state index contributed by atoms with van der Waals surface area (Å²) in [6.07, 6.45) is 2.41. The van der Waals surface area contributed by atoms with E-state index in [-0.39, 0.29) is 10.2 Å². The van der Waals surface area contributed by atoms with Crippen LogP contribution in [0.15, 0.2) is 35.3 Å². The van der Waals surface area contributed by atoms with Crippen molar-refractivity contribution in [2.24, 2.45) is 0 Å². The molecule has 0 saturated carbocycles. The van der Waals surface area contributed by atoms with Crippen LogP contribution in [0.2, 0.25) is 5.02 Å². The Bertz CT molecular complexity index is 446. The lowest BCUT2D eigenvalue weighted by molar-refractivity contribution is 0.596. The van der Waals surface area contributed by atoms with Crippen LogP contribution in [0, 0.1) is 0 Å². The molecule has 0 unspecified atom stereocenters. The van der Waals surface area contributed by atoms with Gasteiger partial charge in [-0.25, -0.2) is 18.4 Å². The van der Waals surface area contributed by atoms with Gasteiger partial charge in [-0.15, -0.1) is 5.73 Å². The zero-order valence-electron chi connectivity index (χ0n) is 6.44. The number of halogens is 1. The molecule has 1 aromatic heterocycles. The Hall–Kier alpha value is -1.16. The molecule has 0 atom stereocenters. The van der Waals surface area contributed by atoms with Crippen molar-refractivity contribution in [2.75, 3.05) is 0 Å². The maximum atomic E-state index is 11.2. The average Bonchev–Trinajstić information content (AvgIpc) is 2.05. The van der Waals surface area contributed by atoms with Crippen LogP contribution in [-0.4, -0.2) is 18.4 Å². The van der Waals surface area contributed by atoms with E-state index in [1.54, 1.807) is 0 Å². The van der Waals surface area contributed by atoms with E-state index in [4.69, 9.17) is 11.6 Å². The minimum Gasteiger partial charge on any atom is -0.225 e. The van der Waals surface area contributed by atoms with Crippen LogP contribution in [0.4, 0.5) is 0 Å². The van der Waals surface area contributed by atoms with Crippen molar-refractivity contribution in [1.29, 1.82) is 0 Å². The first kappa shape index (κ1) is 9.92. The molecule has 0 bridgehead atoms. The summed E-state index contributed by atoms with van der Waals surface area (Å²) >= 11 is 5.48. The smallest absolute Gasteiger partial charge is 0.225 e. The largest absolute Gasteiger partial charge is 0.252 e. The van der Waals surface area contributed by atoms with Crippen molar-refractivity contribution in [3.05, 3.63) is 35.1 Å². The van der Waals surface area contributed by atoms with Gasteiger partial charge in [-0.2, -0.15) is 0 Å². The predicted molar refractivity (Wildman–Crippen MR) is 47.9 cm³/mol. The SMILES string of the molecule is C=C=CS(=O)(=O)c1ncc(Cl)cn1. The highest BCUT2D eigenvalue weighted by Crippen LogP contribution is 2.08. The number of hydrogen-bond donors (Lipinski definition) is 0. The Balaban J connectivity index is 3.24. The van der Waals surface area contributed by atoms with Gasteiger partial charge in [0.2, 0.25) is 9.84 Å². The van der Waals surface area contributed by atoms with Crippen molar-refractivity contribution in [3.63, 3.8) is 0 Å². The summed E-state index contributed by atoms with van der Waals surface area (Å²) in [5.41, 5.74) is 2.15. The quantitative estimate of drug-likeness (QED) is 0.551. The van der Waals surface area contributed by atoms with E-state index < -0.39 is 9.84 Å². The summed E-state index contributed by atoms with van der Waals surface area (Å²) in [4.78, 5) is 7.08. The molecule has 0 aliphatic rings. The summed E-state index contributed by atoms with van der Waals surface area (Å²) in [5, 5.41) is 0.769. The van der Waals surface area contributed by atoms with E-state index in [0.717, 1.165) is 5.41 Å². The Labute approximate surface area is 80.5 Å². The third-order valence-corrected chi connectivity index (χ3v) is 2.48. The fourth-order valence-corrected chi connectivity index (χ4v) is 1.43. The summed E-state index contributed by atoms with van der Waals surface area (Å²) < 4.78 is 22.4. The van der Waals surface area contributed by atoms with Crippen LogP contribution in [0.25, 0.3) is 0 Å². The molecular formula is C7H5ClN2O2S. The molecule has 4 nitrogen and oxygen atoms in total. The highest BCUT2D eigenvalue weighted by atomic mass is 35.5.